The van der Waals surface area contributed by atoms with Crippen LogP contribution in [0.25, 0.3) is 0 Å². The van der Waals surface area contributed by atoms with Gasteiger partial charge in [-0.1, -0.05) is 0 Å². The first-order chi connectivity index (χ1) is 6.91. The summed E-state index contributed by atoms with van der Waals surface area (Å²) in [7, 11) is 1.35. The van der Waals surface area contributed by atoms with E-state index in [0.29, 0.717) is 12.7 Å². The molecule has 0 saturated carbocycles. The van der Waals surface area contributed by atoms with Crippen molar-refractivity contribution < 1.29 is 14.6 Å². The summed E-state index contributed by atoms with van der Waals surface area (Å²) >= 11 is 4.05. The first-order valence-electron chi connectivity index (χ1n) is 4.17. The van der Waals surface area contributed by atoms with E-state index in [1.165, 1.54) is 7.11 Å². The Labute approximate surface area is 115 Å². The van der Waals surface area contributed by atoms with Crippen LogP contribution in [-0.4, -0.2) is 18.2 Å². The normalized spacial score (nSPS) is 10.2. The van der Waals surface area contributed by atoms with Crippen molar-refractivity contribution >= 4 is 51.2 Å². The van der Waals surface area contributed by atoms with Crippen LogP contribution >= 0.6 is 45.2 Å². The van der Waals surface area contributed by atoms with E-state index in [1.54, 1.807) is 13.8 Å². The molecule has 0 aliphatic heterocycles. The Morgan fingerprint density at radius 2 is 1.60 bits per heavy atom. The zero-order valence-corrected chi connectivity index (χ0v) is 12.8. The highest BCUT2D eigenvalue weighted by Crippen LogP contribution is 2.34. The Balaban J connectivity index is 3.60. The Kier molecular flexibility index (Phi) is 4.21. The van der Waals surface area contributed by atoms with Crippen molar-refractivity contribution in [3.8, 4) is 5.75 Å². The molecule has 5 heteroatoms. The van der Waals surface area contributed by atoms with Gasteiger partial charge in [-0.15, -0.1) is 0 Å². The van der Waals surface area contributed by atoms with Crippen molar-refractivity contribution in [2.45, 2.75) is 13.8 Å². The molecular formula is C10H10I2O3. The van der Waals surface area contributed by atoms with Crippen LogP contribution in [0.5, 0.6) is 5.75 Å². The molecule has 0 amide bonds. The van der Waals surface area contributed by atoms with Gasteiger partial charge >= 0.3 is 5.97 Å². The molecule has 0 saturated heterocycles. The fraction of sp³-hybridized carbons (Fsp3) is 0.300. The number of benzene rings is 1. The zero-order valence-electron chi connectivity index (χ0n) is 8.52. The number of aromatic hydroxyl groups is 1. The van der Waals surface area contributed by atoms with E-state index in [0.717, 1.165) is 11.1 Å². The highest BCUT2D eigenvalue weighted by molar-refractivity contribution is 14.1. The van der Waals surface area contributed by atoms with E-state index in [9.17, 15) is 9.90 Å². The molecule has 1 aromatic rings. The van der Waals surface area contributed by atoms with Gasteiger partial charge in [0, 0.05) is 0 Å². The molecule has 0 radical (unpaired) electrons. The molecule has 15 heavy (non-hydrogen) atoms. The maximum Gasteiger partial charge on any atom is 0.338 e. The van der Waals surface area contributed by atoms with E-state index in [4.69, 9.17) is 4.74 Å². The smallest absolute Gasteiger partial charge is 0.338 e. The second-order valence-corrected chi connectivity index (χ2v) is 5.25. The van der Waals surface area contributed by atoms with Crippen molar-refractivity contribution in [3.63, 3.8) is 0 Å². The molecule has 0 unspecified atom stereocenters. The minimum atomic E-state index is -0.360. The molecule has 0 heterocycles. The van der Waals surface area contributed by atoms with Crippen LogP contribution in [0.4, 0.5) is 0 Å². The number of esters is 1. The van der Waals surface area contributed by atoms with E-state index in [2.05, 4.69) is 0 Å². The SMILES string of the molecule is COC(=O)c1c(C)c(I)c(O)c(I)c1C. The van der Waals surface area contributed by atoms with Gasteiger partial charge in [-0.2, -0.15) is 0 Å². The second-order valence-electron chi connectivity index (χ2n) is 3.09. The third-order valence-electron chi connectivity index (χ3n) is 2.21. The van der Waals surface area contributed by atoms with Gasteiger partial charge in [-0.25, -0.2) is 4.79 Å². The Hall–Kier alpha value is -0.0500. The van der Waals surface area contributed by atoms with Crippen molar-refractivity contribution in [1.29, 1.82) is 0 Å². The van der Waals surface area contributed by atoms with Crippen LogP contribution in [-0.2, 0) is 4.74 Å². The molecule has 0 aliphatic rings. The zero-order chi connectivity index (χ0) is 11.7. The number of ether oxygens (including phenoxy) is 1. The lowest BCUT2D eigenvalue weighted by Gasteiger charge is -2.13. The quantitative estimate of drug-likeness (QED) is 0.549. The van der Waals surface area contributed by atoms with Gasteiger partial charge < -0.3 is 9.84 Å². The first-order valence-corrected chi connectivity index (χ1v) is 6.33. The molecule has 0 spiro atoms. The molecule has 0 aliphatic carbocycles. The van der Waals surface area contributed by atoms with Gasteiger partial charge in [-0.05, 0) is 70.2 Å². The van der Waals surface area contributed by atoms with E-state index >= 15 is 0 Å². The highest BCUT2D eigenvalue weighted by Gasteiger charge is 2.21. The summed E-state index contributed by atoms with van der Waals surface area (Å²) in [6.45, 7) is 3.60. The van der Waals surface area contributed by atoms with E-state index in [-0.39, 0.29) is 11.7 Å². The fourth-order valence-corrected chi connectivity index (χ4v) is 2.96. The van der Waals surface area contributed by atoms with Gasteiger partial charge in [0.05, 0.1) is 19.8 Å². The van der Waals surface area contributed by atoms with Crippen LogP contribution in [0.2, 0.25) is 0 Å². The van der Waals surface area contributed by atoms with Crippen molar-refractivity contribution in [1.82, 2.24) is 0 Å². The fourth-order valence-electron chi connectivity index (χ4n) is 1.36. The number of hydrogen-bond donors (Lipinski definition) is 1. The predicted octanol–water partition coefficient (Wildman–Crippen LogP) is 3.00. The summed E-state index contributed by atoms with van der Waals surface area (Å²) in [4.78, 5) is 11.6. The Morgan fingerprint density at radius 3 is 1.93 bits per heavy atom. The lowest BCUT2D eigenvalue weighted by atomic mass is 10.0. The van der Waals surface area contributed by atoms with Crippen molar-refractivity contribution in [2.75, 3.05) is 7.11 Å². The molecule has 0 atom stereocenters. The van der Waals surface area contributed by atoms with E-state index in [1.807, 2.05) is 45.2 Å². The molecule has 1 aromatic carbocycles. The third-order valence-corrected chi connectivity index (χ3v) is 4.85. The Morgan fingerprint density at radius 1 is 1.20 bits per heavy atom. The summed E-state index contributed by atoms with van der Waals surface area (Å²) in [5, 5.41) is 9.78. The summed E-state index contributed by atoms with van der Waals surface area (Å²) in [6.07, 6.45) is 0. The first kappa shape index (κ1) is 13.0. The van der Waals surface area contributed by atoms with Gasteiger partial charge in [0.1, 0.15) is 5.75 Å². The summed E-state index contributed by atoms with van der Waals surface area (Å²) < 4.78 is 6.11. The van der Waals surface area contributed by atoms with Gasteiger partial charge in [-0.3, -0.25) is 0 Å². The number of phenolic OH excluding ortho intramolecular Hbond substituents is 1. The largest absolute Gasteiger partial charge is 0.506 e. The standard InChI is InChI=1S/C10H10I2O3/c1-4-6(10(14)15-3)5(2)8(12)9(13)7(4)11/h13H,1-3H3. The molecular weight excluding hydrogens is 422 g/mol. The van der Waals surface area contributed by atoms with Crippen LogP contribution in [0, 0.1) is 21.0 Å². The summed E-state index contributed by atoms with van der Waals surface area (Å²) in [5.41, 5.74) is 2.07. The topological polar surface area (TPSA) is 46.5 Å². The number of rotatable bonds is 1. The summed E-state index contributed by atoms with van der Waals surface area (Å²) in [5.74, 6) is -0.125. The monoisotopic (exact) mass is 432 g/mol. The van der Waals surface area contributed by atoms with E-state index < -0.39 is 0 Å². The average Bonchev–Trinajstić information content (AvgIpc) is 2.23. The molecule has 0 fully saturated rings. The number of carbonyl (C=O) groups excluding carboxylic acids is 1. The van der Waals surface area contributed by atoms with Crippen LogP contribution < -0.4 is 0 Å². The number of phenols is 1. The Bertz CT molecular complexity index is 398. The lowest BCUT2D eigenvalue weighted by Crippen LogP contribution is -2.09. The van der Waals surface area contributed by atoms with Crippen molar-refractivity contribution in [3.05, 3.63) is 23.8 Å². The highest BCUT2D eigenvalue weighted by atomic mass is 127. The summed E-state index contributed by atoms with van der Waals surface area (Å²) in [6, 6.07) is 0. The lowest BCUT2D eigenvalue weighted by molar-refractivity contribution is 0.0599. The minimum Gasteiger partial charge on any atom is -0.506 e. The number of carbonyl (C=O) groups is 1. The number of halogens is 2. The minimum absolute atomic E-state index is 0.235. The molecule has 1 N–H and O–H groups in total. The van der Waals surface area contributed by atoms with Crippen LogP contribution in [0.3, 0.4) is 0 Å². The predicted molar refractivity (Wildman–Crippen MR) is 74.4 cm³/mol. The van der Waals surface area contributed by atoms with Gasteiger partial charge in [0.15, 0.2) is 0 Å². The van der Waals surface area contributed by atoms with Gasteiger partial charge in [0.2, 0.25) is 0 Å². The maximum atomic E-state index is 11.6. The number of hydrogen-bond acceptors (Lipinski definition) is 3. The molecule has 1 rings (SSSR count). The van der Waals surface area contributed by atoms with Gasteiger partial charge in [0.25, 0.3) is 0 Å². The maximum absolute atomic E-state index is 11.6. The van der Waals surface area contributed by atoms with Crippen molar-refractivity contribution in [2.24, 2.45) is 0 Å². The van der Waals surface area contributed by atoms with Crippen LogP contribution in [0.1, 0.15) is 21.5 Å². The second kappa shape index (κ2) is 4.86. The third kappa shape index (κ3) is 2.22. The molecule has 0 bridgehead atoms. The average molecular weight is 432 g/mol. The molecule has 3 nitrogen and oxygen atoms in total. The molecule has 0 aromatic heterocycles. The number of methoxy groups -OCH3 is 1. The van der Waals surface area contributed by atoms with Crippen LogP contribution in [0.15, 0.2) is 0 Å². The molecule has 82 valence electrons.